The van der Waals surface area contributed by atoms with Gasteiger partial charge < -0.3 is 4.90 Å². The summed E-state index contributed by atoms with van der Waals surface area (Å²) in [5.74, 6) is 0. The molecule has 49 heavy (non-hydrogen) atoms. The van der Waals surface area contributed by atoms with Gasteiger partial charge in [0.1, 0.15) is 0 Å². The minimum absolute atomic E-state index is 0.0899. The first-order valence-electron chi connectivity index (χ1n) is 17.0. The van der Waals surface area contributed by atoms with Crippen molar-refractivity contribution in [3.63, 3.8) is 0 Å². The summed E-state index contributed by atoms with van der Waals surface area (Å²) in [4.78, 5) is 2.47. The summed E-state index contributed by atoms with van der Waals surface area (Å²) in [5.41, 5.74) is 11.3. The smallest absolute Gasteiger partial charge is 0.0546 e. The van der Waals surface area contributed by atoms with Crippen molar-refractivity contribution in [3.05, 3.63) is 175 Å². The van der Waals surface area contributed by atoms with Crippen molar-refractivity contribution in [3.8, 4) is 22.3 Å². The molecule has 0 radical (unpaired) electrons. The molecule has 1 aromatic heterocycles. The van der Waals surface area contributed by atoms with E-state index in [2.05, 4.69) is 183 Å². The summed E-state index contributed by atoms with van der Waals surface area (Å²) >= 11 is 1.87. The second kappa shape index (κ2) is 10.7. The zero-order valence-electron chi connectivity index (χ0n) is 27.4. The van der Waals surface area contributed by atoms with Crippen LogP contribution in [0.3, 0.4) is 0 Å². The lowest BCUT2D eigenvalue weighted by atomic mass is 9.82. The van der Waals surface area contributed by atoms with Gasteiger partial charge in [0.2, 0.25) is 0 Å². The Morgan fingerprint density at radius 2 is 1.06 bits per heavy atom. The normalized spacial score (nSPS) is 13.3. The topological polar surface area (TPSA) is 3.24 Å². The monoisotopic (exact) mass is 643 g/mol. The van der Waals surface area contributed by atoms with Gasteiger partial charge in [-0.05, 0) is 98.1 Å². The molecule has 8 aromatic carbocycles. The maximum atomic E-state index is 2.47. The minimum Gasteiger partial charge on any atom is -0.310 e. The van der Waals surface area contributed by atoms with E-state index >= 15 is 0 Å². The van der Waals surface area contributed by atoms with Crippen molar-refractivity contribution >= 4 is 70.1 Å². The second-order valence-electron chi connectivity index (χ2n) is 13.8. The molecule has 0 spiro atoms. The maximum absolute atomic E-state index is 2.47. The first-order valence-corrected chi connectivity index (χ1v) is 17.8. The predicted molar refractivity (Wildman–Crippen MR) is 212 cm³/mol. The van der Waals surface area contributed by atoms with E-state index in [1.165, 1.54) is 86.5 Å². The summed E-state index contributed by atoms with van der Waals surface area (Å²) in [6.45, 7) is 4.72. The fraction of sp³-hybridized carbons (Fsp3) is 0.0638. The van der Waals surface area contributed by atoms with Gasteiger partial charge in [-0.25, -0.2) is 0 Å². The van der Waals surface area contributed by atoms with Gasteiger partial charge >= 0.3 is 0 Å². The molecule has 0 unspecified atom stereocenters. The summed E-state index contributed by atoms with van der Waals surface area (Å²) < 4.78 is 2.67. The molecule has 1 aliphatic carbocycles. The summed E-state index contributed by atoms with van der Waals surface area (Å²) in [6, 6.07) is 60.7. The van der Waals surface area contributed by atoms with Crippen LogP contribution < -0.4 is 4.90 Å². The van der Waals surface area contributed by atoms with Crippen LogP contribution in [0, 0.1) is 0 Å². The zero-order valence-corrected chi connectivity index (χ0v) is 28.3. The number of thiophene rings is 1. The van der Waals surface area contributed by atoms with Crippen LogP contribution in [0.5, 0.6) is 0 Å². The molecule has 10 rings (SSSR count). The molecule has 232 valence electrons. The number of benzene rings is 8. The molecule has 0 atom stereocenters. The molecule has 0 N–H and O–H groups in total. The van der Waals surface area contributed by atoms with Crippen LogP contribution in [0.25, 0.3) is 64.0 Å². The van der Waals surface area contributed by atoms with E-state index in [1.54, 1.807) is 0 Å². The molecule has 0 saturated heterocycles. The molecular formula is C47H33NS. The highest BCUT2D eigenvalue weighted by molar-refractivity contribution is 7.25. The number of fused-ring (bicyclic) bond motifs is 9. The highest BCUT2D eigenvalue weighted by Crippen LogP contribution is 2.51. The largest absolute Gasteiger partial charge is 0.310 e. The Morgan fingerprint density at radius 3 is 1.92 bits per heavy atom. The summed E-state index contributed by atoms with van der Waals surface area (Å²) in [7, 11) is 0. The molecule has 0 fully saturated rings. The predicted octanol–water partition coefficient (Wildman–Crippen LogP) is 13.8. The number of hydrogen-bond acceptors (Lipinski definition) is 2. The van der Waals surface area contributed by atoms with E-state index in [9.17, 15) is 0 Å². The molecule has 1 aliphatic rings. The fourth-order valence-electron chi connectivity index (χ4n) is 8.19. The third-order valence-corrected chi connectivity index (χ3v) is 11.8. The molecule has 1 heterocycles. The maximum Gasteiger partial charge on any atom is 0.0546 e. The molecule has 0 saturated carbocycles. The third-order valence-electron chi connectivity index (χ3n) is 10.6. The Labute approximate surface area is 290 Å². The lowest BCUT2D eigenvalue weighted by molar-refractivity contribution is 0.660. The van der Waals surface area contributed by atoms with Gasteiger partial charge in [-0.1, -0.05) is 129 Å². The van der Waals surface area contributed by atoms with Crippen LogP contribution in [-0.4, -0.2) is 0 Å². The van der Waals surface area contributed by atoms with Gasteiger partial charge in [-0.15, -0.1) is 11.3 Å². The first-order chi connectivity index (χ1) is 24.0. The standard InChI is InChI=1S/C47H33NS/c1-47(2)42-17-9-7-14-37(42)38-25-24-34(29-43(38)47)48(44-28-32-11-3-4-12-35(32)36-13-5-6-15-39(36)44)33-22-19-30(20-23-33)31-21-26-46-41(27-31)40-16-8-10-18-45(40)49-46/h3-29H,1-2H3. The highest BCUT2D eigenvalue weighted by Gasteiger charge is 2.35. The Morgan fingerprint density at radius 1 is 0.429 bits per heavy atom. The average Bonchev–Trinajstić information content (AvgIpc) is 3.63. The van der Waals surface area contributed by atoms with Crippen LogP contribution >= 0.6 is 11.3 Å². The lowest BCUT2D eigenvalue weighted by Crippen LogP contribution is -2.16. The van der Waals surface area contributed by atoms with Crippen molar-refractivity contribution in [1.82, 2.24) is 0 Å². The van der Waals surface area contributed by atoms with Gasteiger partial charge in [0.05, 0.1) is 5.69 Å². The van der Waals surface area contributed by atoms with Gasteiger partial charge in [-0.2, -0.15) is 0 Å². The van der Waals surface area contributed by atoms with Gasteiger partial charge in [0.25, 0.3) is 0 Å². The second-order valence-corrected chi connectivity index (χ2v) is 14.8. The third kappa shape index (κ3) is 4.31. The number of nitrogens with zero attached hydrogens (tertiary/aromatic N) is 1. The van der Waals surface area contributed by atoms with Crippen LogP contribution in [0.4, 0.5) is 17.1 Å². The Bertz CT molecular complexity index is 2750. The van der Waals surface area contributed by atoms with Crippen LogP contribution in [0.2, 0.25) is 0 Å². The van der Waals surface area contributed by atoms with Gasteiger partial charge in [0, 0.05) is 42.3 Å². The molecule has 0 bridgehead atoms. The first kappa shape index (κ1) is 28.3. The van der Waals surface area contributed by atoms with E-state index < -0.39 is 0 Å². The highest BCUT2D eigenvalue weighted by atomic mass is 32.1. The molecular weight excluding hydrogens is 611 g/mol. The van der Waals surface area contributed by atoms with Crippen LogP contribution in [0.1, 0.15) is 25.0 Å². The van der Waals surface area contributed by atoms with E-state index in [0.717, 1.165) is 5.69 Å². The van der Waals surface area contributed by atoms with Crippen molar-refractivity contribution in [2.24, 2.45) is 0 Å². The minimum atomic E-state index is -0.0899. The Balaban J connectivity index is 1.16. The van der Waals surface area contributed by atoms with Crippen LogP contribution in [0.15, 0.2) is 164 Å². The van der Waals surface area contributed by atoms with E-state index in [0.29, 0.717) is 0 Å². The quantitative estimate of drug-likeness (QED) is 0.173. The average molecular weight is 644 g/mol. The molecule has 0 aliphatic heterocycles. The SMILES string of the molecule is CC1(C)c2ccccc2-c2ccc(N(c3ccc(-c4ccc5sc6ccccc6c5c4)cc3)c3cc4ccccc4c4ccccc34)cc21. The van der Waals surface area contributed by atoms with E-state index in [-0.39, 0.29) is 5.41 Å². The molecule has 9 aromatic rings. The number of rotatable bonds is 4. The van der Waals surface area contributed by atoms with Crippen molar-refractivity contribution in [2.45, 2.75) is 19.3 Å². The lowest BCUT2D eigenvalue weighted by Gasteiger charge is -2.29. The molecule has 1 nitrogen and oxygen atoms in total. The summed E-state index contributed by atoms with van der Waals surface area (Å²) in [5, 5.41) is 7.68. The van der Waals surface area contributed by atoms with E-state index in [1.807, 2.05) is 11.3 Å². The van der Waals surface area contributed by atoms with E-state index in [4.69, 9.17) is 0 Å². The van der Waals surface area contributed by atoms with Crippen molar-refractivity contribution < 1.29 is 0 Å². The van der Waals surface area contributed by atoms with Crippen LogP contribution in [-0.2, 0) is 5.41 Å². The molecule has 2 heteroatoms. The Kier molecular flexibility index (Phi) is 6.16. The van der Waals surface area contributed by atoms with Gasteiger partial charge in [-0.3, -0.25) is 0 Å². The number of hydrogen-bond donors (Lipinski definition) is 0. The Hall–Kier alpha value is -5.70. The van der Waals surface area contributed by atoms with Gasteiger partial charge in [0.15, 0.2) is 0 Å². The zero-order chi connectivity index (χ0) is 32.7. The van der Waals surface area contributed by atoms with Crippen molar-refractivity contribution in [1.29, 1.82) is 0 Å². The fourth-order valence-corrected chi connectivity index (χ4v) is 9.27. The van der Waals surface area contributed by atoms with Crippen molar-refractivity contribution in [2.75, 3.05) is 4.90 Å². The molecule has 0 amide bonds. The summed E-state index contributed by atoms with van der Waals surface area (Å²) in [6.07, 6.45) is 0. The number of anilines is 3.